The van der Waals surface area contributed by atoms with Crippen molar-refractivity contribution in [3.05, 3.63) is 59.7 Å². The molecule has 0 atom stereocenters. The molecule has 0 aliphatic heterocycles. The Morgan fingerprint density at radius 3 is 2.34 bits per heavy atom. The first-order chi connectivity index (χ1) is 13.7. The summed E-state index contributed by atoms with van der Waals surface area (Å²) < 4.78 is 30.5. The van der Waals surface area contributed by atoms with Crippen molar-refractivity contribution in [3.63, 3.8) is 0 Å². The fourth-order valence-corrected chi connectivity index (χ4v) is 3.14. The van der Waals surface area contributed by atoms with E-state index in [0.29, 0.717) is 11.3 Å². The van der Waals surface area contributed by atoms with Gasteiger partial charge in [0.05, 0.1) is 17.0 Å². The van der Waals surface area contributed by atoms with Gasteiger partial charge in [0.2, 0.25) is 10.0 Å². The van der Waals surface area contributed by atoms with Crippen LogP contribution in [0, 0.1) is 11.8 Å². The largest absolute Gasteiger partial charge is 0.480 e. The summed E-state index contributed by atoms with van der Waals surface area (Å²) in [6, 6.07) is 12.2. The van der Waals surface area contributed by atoms with Crippen LogP contribution >= 0.6 is 0 Å². The van der Waals surface area contributed by atoms with E-state index in [-0.39, 0.29) is 29.5 Å². The van der Waals surface area contributed by atoms with Crippen LogP contribution in [0.15, 0.2) is 53.4 Å². The number of nitrogens with one attached hydrogen (secondary N) is 1. The van der Waals surface area contributed by atoms with Crippen molar-refractivity contribution in [1.82, 2.24) is 9.62 Å². The van der Waals surface area contributed by atoms with Crippen molar-refractivity contribution in [3.8, 4) is 17.6 Å². The summed E-state index contributed by atoms with van der Waals surface area (Å²) in [5.41, 5.74) is 5.85. The summed E-state index contributed by atoms with van der Waals surface area (Å²) in [7, 11) is -0.671. The quantitative estimate of drug-likeness (QED) is 0.650. The van der Waals surface area contributed by atoms with E-state index in [4.69, 9.17) is 10.5 Å². The van der Waals surface area contributed by atoms with Crippen molar-refractivity contribution in [2.75, 3.05) is 27.2 Å². The maximum atomic E-state index is 12.1. The Hall–Kier alpha value is -3.35. The summed E-state index contributed by atoms with van der Waals surface area (Å²) in [5, 5.41) is 2.61. The third-order valence-electron chi connectivity index (χ3n) is 3.81. The molecule has 29 heavy (non-hydrogen) atoms. The van der Waals surface area contributed by atoms with Crippen molar-refractivity contribution < 1.29 is 22.7 Å². The Labute approximate surface area is 169 Å². The number of hydrogen-bond donors (Lipinski definition) is 2. The van der Waals surface area contributed by atoms with Gasteiger partial charge in [0.15, 0.2) is 0 Å². The molecule has 0 saturated heterocycles. The highest BCUT2D eigenvalue weighted by atomic mass is 32.2. The minimum Gasteiger partial charge on any atom is -0.480 e. The summed E-state index contributed by atoms with van der Waals surface area (Å²) in [6.07, 6.45) is 0. The Bertz CT molecular complexity index is 1050. The number of benzene rings is 2. The first-order valence-corrected chi connectivity index (χ1v) is 9.95. The molecule has 0 radical (unpaired) electrons. The fourth-order valence-electron chi connectivity index (χ4n) is 2.24. The first kappa shape index (κ1) is 21.9. The Morgan fingerprint density at radius 1 is 1.07 bits per heavy atom. The molecular formula is C20H21N3O5S. The van der Waals surface area contributed by atoms with Crippen LogP contribution in [0.25, 0.3) is 0 Å². The zero-order valence-corrected chi connectivity index (χ0v) is 16.8. The molecule has 3 N–H and O–H groups in total. The molecular weight excluding hydrogens is 394 g/mol. The highest BCUT2D eigenvalue weighted by molar-refractivity contribution is 7.89. The van der Waals surface area contributed by atoms with E-state index in [1.54, 1.807) is 24.3 Å². The number of carbonyl (C=O) groups excluding carboxylic acids is 2. The molecule has 2 amide bonds. The molecule has 152 valence electrons. The van der Waals surface area contributed by atoms with Crippen molar-refractivity contribution in [2.45, 2.75) is 4.90 Å². The lowest BCUT2D eigenvalue weighted by Crippen LogP contribution is -2.24. The molecule has 8 nitrogen and oxygen atoms in total. The number of nitrogens with two attached hydrogens (primary N) is 1. The lowest BCUT2D eigenvalue weighted by atomic mass is 10.2. The molecule has 0 saturated carbocycles. The van der Waals surface area contributed by atoms with Crippen molar-refractivity contribution in [2.24, 2.45) is 5.73 Å². The van der Waals surface area contributed by atoms with Crippen LogP contribution in [0.1, 0.15) is 20.7 Å². The lowest BCUT2D eigenvalue weighted by Gasteiger charge is -2.11. The minimum atomic E-state index is -3.54. The van der Waals surface area contributed by atoms with E-state index >= 15 is 0 Å². The zero-order chi connectivity index (χ0) is 21.4. The zero-order valence-electron chi connectivity index (χ0n) is 16.0. The third kappa shape index (κ3) is 5.81. The van der Waals surface area contributed by atoms with Crippen LogP contribution in [0.3, 0.4) is 0 Å². The molecule has 0 aliphatic carbocycles. The SMILES string of the molecule is CN(C)S(=O)(=O)c1ccc(C(=O)NCC#CCOc2ccccc2C(N)=O)cc1. The van der Waals surface area contributed by atoms with E-state index in [1.807, 2.05) is 0 Å². The number of para-hydroxylation sites is 1. The number of primary amides is 1. The average Bonchev–Trinajstić information content (AvgIpc) is 2.70. The van der Waals surface area contributed by atoms with Gasteiger partial charge in [0, 0.05) is 19.7 Å². The van der Waals surface area contributed by atoms with Gasteiger partial charge in [-0.25, -0.2) is 12.7 Å². The van der Waals surface area contributed by atoms with Gasteiger partial charge < -0.3 is 15.8 Å². The Balaban J connectivity index is 1.86. The van der Waals surface area contributed by atoms with Gasteiger partial charge in [-0.15, -0.1) is 0 Å². The van der Waals surface area contributed by atoms with Gasteiger partial charge in [-0.3, -0.25) is 9.59 Å². The molecule has 2 rings (SSSR count). The van der Waals surface area contributed by atoms with Gasteiger partial charge in [-0.1, -0.05) is 24.0 Å². The van der Waals surface area contributed by atoms with Gasteiger partial charge in [-0.05, 0) is 36.4 Å². The maximum Gasteiger partial charge on any atom is 0.252 e. The van der Waals surface area contributed by atoms with Crippen LogP contribution < -0.4 is 15.8 Å². The van der Waals surface area contributed by atoms with Gasteiger partial charge in [0.1, 0.15) is 12.4 Å². The van der Waals surface area contributed by atoms with Gasteiger partial charge >= 0.3 is 0 Å². The smallest absolute Gasteiger partial charge is 0.252 e. The highest BCUT2D eigenvalue weighted by Crippen LogP contribution is 2.16. The summed E-state index contributed by atoms with van der Waals surface area (Å²) in [4.78, 5) is 23.5. The van der Waals surface area contributed by atoms with E-state index in [2.05, 4.69) is 17.2 Å². The van der Waals surface area contributed by atoms with Crippen molar-refractivity contribution >= 4 is 21.8 Å². The molecule has 0 aliphatic rings. The topological polar surface area (TPSA) is 119 Å². The monoisotopic (exact) mass is 415 g/mol. The second-order valence-electron chi connectivity index (χ2n) is 6.00. The second kappa shape index (κ2) is 9.73. The summed E-state index contributed by atoms with van der Waals surface area (Å²) in [6.45, 7) is 0.106. The standard InChI is InChI=1S/C20H21N3O5S/c1-23(2)29(26,27)16-11-9-15(10-12-16)20(25)22-13-5-6-14-28-18-8-4-3-7-17(18)19(21)24/h3-4,7-12H,13-14H2,1-2H3,(H2,21,24)(H,22,25). The van der Waals surface area contributed by atoms with Crippen LogP contribution in [0.4, 0.5) is 0 Å². The molecule has 0 fully saturated rings. The minimum absolute atomic E-state index is 0.0251. The number of amides is 2. The molecule has 2 aromatic rings. The summed E-state index contributed by atoms with van der Waals surface area (Å²) >= 11 is 0. The molecule has 0 heterocycles. The number of nitrogens with zero attached hydrogens (tertiary/aromatic N) is 1. The predicted octanol–water partition coefficient (Wildman–Crippen LogP) is 0.848. The fraction of sp³-hybridized carbons (Fsp3) is 0.200. The highest BCUT2D eigenvalue weighted by Gasteiger charge is 2.17. The van der Waals surface area contributed by atoms with Crippen LogP contribution in [0.5, 0.6) is 5.75 Å². The second-order valence-corrected chi connectivity index (χ2v) is 8.15. The summed E-state index contributed by atoms with van der Waals surface area (Å²) in [5.74, 6) is 4.82. The molecule has 0 spiro atoms. The van der Waals surface area contributed by atoms with Gasteiger partial charge in [-0.2, -0.15) is 0 Å². The van der Waals surface area contributed by atoms with Crippen LogP contribution in [-0.4, -0.2) is 51.8 Å². The number of hydrogen-bond acceptors (Lipinski definition) is 5. The predicted molar refractivity (Wildman–Crippen MR) is 108 cm³/mol. The lowest BCUT2D eigenvalue weighted by molar-refractivity contribution is 0.0956. The first-order valence-electron chi connectivity index (χ1n) is 8.51. The maximum absolute atomic E-state index is 12.1. The van der Waals surface area contributed by atoms with E-state index in [9.17, 15) is 18.0 Å². The average molecular weight is 415 g/mol. The number of sulfonamides is 1. The molecule has 0 bridgehead atoms. The number of ether oxygens (including phenoxy) is 1. The Morgan fingerprint density at radius 2 is 1.72 bits per heavy atom. The van der Waals surface area contributed by atoms with Crippen LogP contribution in [0.2, 0.25) is 0 Å². The van der Waals surface area contributed by atoms with E-state index < -0.39 is 15.9 Å². The van der Waals surface area contributed by atoms with E-state index in [0.717, 1.165) is 4.31 Å². The third-order valence-corrected chi connectivity index (χ3v) is 5.64. The molecule has 2 aromatic carbocycles. The normalized spacial score (nSPS) is 10.7. The number of rotatable bonds is 7. The molecule has 0 aromatic heterocycles. The van der Waals surface area contributed by atoms with Crippen molar-refractivity contribution in [1.29, 1.82) is 0 Å². The van der Waals surface area contributed by atoms with Crippen LogP contribution in [-0.2, 0) is 10.0 Å². The number of carbonyl (C=O) groups is 2. The Kier molecular flexibility index (Phi) is 7.36. The molecule has 9 heteroatoms. The van der Waals surface area contributed by atoms with E-state index in [1.165, 1.54) is 38.4 Å². The molecule has 0 unspecified atom stereocenters. The van der Waals surface area contributed by atoms with Gasteiger partial charge in [0.25, 0.3) is 11.8 Å².